The highest BCUT2D eigenvalue weighted by Crippen LogP contribution is 2.10. The first-order chi connectivity index (χ1) is 9.96. The SMILES string of the molecule is CCCCN(C)CCN=C(NCC)NC1CCS(=O)(=O)C1. The number of unbranched alkanes of at least 4 members (excludes halogenated alkanes) is 1. The smallest absolute Gasteiger partial charge is 0.191 e. The van der Waals surface area contributed by atoms with E-state index in [9.17, 15) is 8.42 Å². The largest absolute Gasteiger partial charge is 0.357 e. The molecule has 0 amide bonds. The topological polar surface area (TPSA) is 73.8 Å². The van der Waals surface area contributed by atoms with Crippen molar-refractivity contribution in [1.82, 2.24) is 15.5 Å². The maximum absolute atomic E-state index is 11.5. The van der Waals surface area contributed by atoms with Gasteiger partial charge in [-0.2, -0.15) is 0 Å². The lowest BCUT2D eigenvalue weighted by molar-refractivity contribution is 0.337. The van der Waals surface area contributed by atoms with Gasteiger partial charge in [0.05, 0.1) is 18.1 Å². The van der Waals surface area contributed by atoms with Gasteiger partial charge in [-0.1, -0.05) is 13.3 Å². The van der Waals surface area contributed by atoms with E-state index >= 15 is 0 Å². The van der Waals surface area contributed by atoms with Gasteiger partial charge in [0, 0.05) is 19.1 Å². The summed E-state index contributed by atoms with van der Waals surface area (Å²) in [5.74, 6) is 1.22. The number of likely N-dealkylation sites (N-methyl/N-ethyl adjacent to an activating group) is 1. The Morgan fingerprint density at radius 2 is 2.10 bits per heavy atom. The van der Waals surface area contributed by atoms with Crippen molar-refractivity contribution in [3.8, 4) is 0 Å². The summed E-state index contributed by atoms with van der Waals surface area (Å²) in [6.07, 6.45) is 3.08. The van der Waals surface area contributed by atoms with Gasteiger partial charge in [-0.3, -0.25) is 4.99 Å². The van der Waals surface area contributed by atoms with Gasteiger partial charge in [0.15, 0.2) is 15.8 Å². The Labute approximate surface area is 129 Å². The Morgan fingerprint density at radius 1 is 1.33 bits per heavy atom. The molecule has 1 aliphatic heterocycles. The fourth-order valence-corrected chi connectivity index (χ4v) is 3.97. The minimum atomic E-state index is -2.85. The summed E-state index contributed by atoms with van der Waals surface area (Å²) in [6.45, 7) is 7.70. The molecule has 0 radical (unpaired) electrons. The van der Waals surface area contributed by atoms with Crippen molar-refractivity contribution in [1.29, 1.82) is 0 Å². The molecule has 1 aliphatic rings. The second-order valence-electron chi connectivity index (χ2n) is 5.66. The fraction of sp³-hybridized carbons (Fsp3) is 0.929. The molecule has 6 nitrogen and oxygen atoms in total. The predicted molar refractivity (Wildman–Crippen MR) is 88.6 cm³/mol. The minimum Gasteiger partial charge on any atom is -0.357 e. The van der Waals surface area contributed by atoms with Crippen LogP contribution >= 0.6 is 0 Å². The van der Waals surface area contributed by atoms with E-state index in [1.807, 2.05) is 6.92 Å². The molecular weight excluding hydrogens is 288 g/mol. The quantitative estimate of drug-likeness (QED) is 0.502. The van der Waals surface area contributed by atoms with Crippen molar-refractivity contribution in [2.24, 2.45) is 4.99 Å². The predicted octanol–water partition coefficient (Wildman–Crippen LogP) is 0.461. The number of nitrogens with zero attached hydrogens (tertiary/aromatic N) is 2. The van der Waals surface area contributed by atoms with Crippen LogP contribution in [0.4, 0.5) is 0 Å². The number of hydrogen-bond donors (Lipinski definition) is 2. The van der Waals surface area contributed by atoms with Crippen molar-refractivity contribution in [3.63, 3.8) is 0 Å². The summed E-state index contributed by atoms with van der Waals surface area (Å²) in [7, 11) is -0.748. The molecule has 0 spiro atoms. The molecule has 0 bridgehead atoms. The van der Waals surface area contributed by atoms with E-state index in [2.05, 4.69) is 34.5 Å². The van der Waals surface area contributed by atoms with Gasteiger partial charge in [0.25, 0.3) is 0 Å². The third kappa shape index (κ3) is 7.66. The number of aliphatic imine (C=N–C) groups is 1. The number of nitrogens with one attached hydrogen (secondary N) is 2. The average molecular weight is 318 g/mol. The van der Waals surface area contributed by atoms with Crippen LogP contribution < -0.4 is 10.6 Å². The van der Waals surface area contributed by atoms with Crippen LogP contribution in [0.3, 0.4) is 0 Å². The lowest BCUT2D eigenvalue weighted by atomic mass is 10.3. The third-order valence-electron chi connectivity index (χ3n) is 3.56. The van der Waals surface area contributed by atoms with Crippen LogP contribution in [0.25, 0.3) is 0 Å². The highest BCUT2D eigenvalue weighted by Gasteiger charge is 2.28. The summed E-state index contributed by atoms with van der Waals surface area (Å²) < 4.78 is 23.0. The van der Waals surface area contributed by atoms with Crippen molar-refractivity contribution < 1.29 is 8.42 Å². The zero-order valence-corrected chi connectivity index (χ0v) is 14.4. The fourth-order valence-electron chi connectivity index (χ4n) is 2.29. The zero-order valence-electron chi connectivity index (χ0n) is 13.6. The van der Waals surface area contributed by atoms with E-state index in [0.717, 1.165) is 32.1 Å². The van der Waals surface area contributed by atoms with E-state index in [4.69, 9.17) is 0 Å². The molecular formula is C14H30N4O2S. The molecule has 1 unspecified atom stereocenters. The monoisotopic (exact) mass is 318 g/mol. The van der Waals surface area contributed by atoms with Gasteiger partial charge < -0.3 is 15.5 Å². The van der Waals surface area contributed by atoms with Gasteiger partial charge in [-0.25, -0.2) is 8.42 Å². The van der Waals surface area contributed by atoms with E-state index < -0.39 is 9.84 Å². The van der Waals surface area contributed by atoms with Crippen molar-refractivity contribution in [2.75, 3.05) is 44.7 Å². The van der Waals surface area contributed by atoms with Gasteiger partial charge in [-0.15, -0.1) is 0 Å². The molecule has 1 heterocycles. The molecule has 1 atom stereocenters. The number of sulfone groups is 1. The summed E-state index contributed by atoms with van der Waals surface area (Å²) in [5, 5.41) is 6.41. The Kier molecular flexibility index (Phi) is 8.03. The maximum atomic E-state index is 11.5. The van der Waals surface area contributed by atoms with Crippen LogP contribution in [-0.4, -0.2) is 70.1 Å². The second-order valence-corrected chi connectivity index (χ2v) is 7.89. The first-order valence-corrected chi connectivity index (χ1v) is 9.72. The Bertz CT molecular complexity index is 423. The Morgan fingerprint density at radius 3 is 2.67 bits per heavy atom. The maximum Gasteiger partial charge on any atom is 0.191 e. The lowest BCUT2D eigenvalue weighted by Crippen LogP contribution is -2.44. The number of guanidine groups is 1. The van der Waals surface area contributed by atoms with Crippen molar-refractivity contribution in [3.05, 3.63) is 0 Å². The Hall–Kier alpha value is -0.820. The number of hydrogen-bond acceptors (Lipinski definition) is 4. The second kappa shape index (κ2) is 9.25. The molecule has 21 heavy (non-hydrogen) atoms. The van der Waals surface area contributed by atoms with Crippen LogP contribution in [0.2, 0.25) is 0 Å². The zero-order chi connectivity index (χ0) is 15.7. The number of rotatable bonds is 8. The summed E-state index contributed by atoms with van der Waals surface area (Å²) in [4.78, 5) is 6.81. The molecule has 0 aromatic heterocycles. The highest BCUT2D eigenvalue weighted by molar-refractivity contribution is 7.91. The van der Waals surface area contributed by atoms with Gasteiger partial charge >= 0.3 is 0 Å². The summed E-state index contributed by atoms with van der Waals surface area (Å²) in [5.41, 5.74) is 0. The van der Waals surface area contributed by atoms with Gasteiger partial charge in [-0.05, 0) is 33.4 Å². The molecule has 0 aromatic rings. The molecule has 124 valence electrons. The van der Waals surface area contributed by atoms with E-state index in [-0.39, 0.29) is 17.5 Å². The molecule has 1 saturated heterocycles. The first kappa shape index (κ1) is 18.2. The molecule has 1 rings (SSSR count). The van der Waals surface area contributed by atoms with E-state index in [1.54, 1.807) is 0 Å². The minimum absolute atomic E-state index is 0.00868. The van der Waals surface area contributed by atoms with E-state index in [0.29, 0.717) is 6.42 Å². The van der Waals surface area contributed by atoms with E-state index in [1.165, 1.54) is 12.8 Å². The molecule has 2 N–H and O–H groups in total. The highest BCUT2D eigenvalue weighted by atomic mass is 32.2. The van der Waals surface area contributed by atoms with Crippen LogP contribution in [0.5, 0.6) is 0 Å². The van der Waals surface area contributed by atoms with Crippen LogP contribution in [-0.2, 0) is 9.84 Å². The summed E-state index contributed by atoms with van der Waals surface area (Å²) >= 11 is 0. The first-order valence-electron chi connectivity index (χ1n) is 7.90. The summed E-state index contributed by atoms with van der Waals surface area (Å²) in [6, 6.07) is -0.00868. The van der Waals surface area contributed by atoms with Crippen LogP contribution in [0, 0.1) is 0 Å². The molecule has 0 saturated carbocycles. The molecule has 0 aliphatic carbocycles. The molecule has 1 fully saturated rings. The average Bonchev–Trinajstić information content (AvgIpc) is 2.75. The van der Waals surface area contributed by atoms with Crippen LogP contribution in [0.1, 0.15) is 33.1 Å². The molecule has 7 heteroatoms. The normalized spacial score (nSPS) is 21.7. The van der Waals surface area contributed by atoms with Crippen molar-refractivity contribution in [2.45, 2.75) is 39.2 Å². The van der Waals surface area contributed by atoms with Crippen molar-refractivity contribution >= 4 is 15.8 Å². The standard InChI is InChI=1S/C14H30N4O2S/c1-4-6-9-18(3)10-8-16-14(15-5-2)17-13-7-11-21(19,20)12-13/h13H,4-12H2,1-3H3,(H2,15,16,17). The lowest BCUT2D eigenvalue weighted by Gasteiger charge is -2.17. The molecule has 0 aromatic carbocycles. The Balaban J connectivity index is 2.39. The van der Waals surface area contributed by atoms with Crippen LogP contribution in [0.15, 0.2) is 4.99 Å². The van der Waals surface area contributed by atoms with Gasteiger partial charge in [0.1, 0.15) is 0 Å². The van der Waals surface area contributed by atoms with Gasteiger partial charge in [0.2, 0.25) is 0 Å². The third-order valence-corrected chi connectivity index (χ3v) is 5.33.